The van der Waals surface area contributed by atoms with Crippen molar-refractivity contribution < 1.29 is 31.1 Å². The Morgan fingerprint density at radius 2 is 1.62 bits per heavy atom. The highest BCUT2D eigenvalue weighted by molar-refractivity contribution is 7.92. The zero-order valence-corrected chi connectivity index (χ0v) is 19.8. The lowest BCUT2D eigenvalue weighted by Gasteiger charge is -2.32. The molecule has 34 heavy (non-hydrogen) atoms. The highest BCUT2D eigenvalue weighted by Gasteiger charge is 2.33. The van der Waals surface area contributed by atoms with Gasteiger partial charge in [0.2, 0.25) is 0 Å². The van der Waals surface area contributed by atoms with Crippen molar-refractivity contribution in [3.8, 4) is 0 Å². The Morgan fingerprint density at radius 1 is 1.00 bits per heavy atom. The van der Waals surface area contributed by atoms with Crippen molar-refractivity contribution in [2.45, 2.75) is 30.7 Å². The Bertz CT molecular complexity index is 1300. The van der Waals surface area contributed by atoms with Crippen molar-refractivity contribution in [2.24, 2.45) is 0 Å². The van der Waals surface area contributed by atoms with Gasteiger partial charge in [0.05, 0.1) is 23.7 Å². The van der Waals surface area contributed by atoms with Gasteiger partial charge in [-0.05, 0) is 73.0 Å². The molecule has 0 unspecified atom stereocenters. The van der Waals surface area contributed by atoms with Gasteiger partial charge in [-0.2, -0.15) is 0 Å². The molecule has 0 bridgehead atoms. The second-order valence-corrected chi connectivity index (χ2v) is 9.70. The predicted molar refractivity (Wildman–Crippen MR) is 123 cm³/mol. The minimum absolute atomic E-state index is 0.0462. The van der Waals surface area contributed by atoms with Crippen LogP contribution in [0.15, 0.2) is 65.6 Å². The van der Waals surface area contributed by atoms with E-state index in [0.29, 0.717) is 16.1 Å². The van der Waals surface area contributed by atoms with E-state index in [-0.39, 0.29) is 17.7 Å². The zero-order chi connectivity index (χ0) is 25.0. The largest absolute Gasteiger partial charge is 0.469 e. The smallest absolute Gasteiger partial charge is 0.305 e. The van der Waals surface area contributed by atoms with Gasteiger partial charge in [0.1, 0.15) is 17.5 Å². The molecule has 0 amide bonds. The average Bonchev–Trinajstić information content (AvgIpc) is 2.80. The van der Waals surface area contributed by atoms with E-state index in [2.05, 4.69) is 4.74 Å². The Labute approximate surface area is 200 Å². The number of sulfonamides is 1. The summed E-state index contributed by atoms with van der Waals surface area (Å²) in [5.74, 6) is -2.95. The SMILES string of the molecule is COC(=O)CCc1cc(F)ccc1[C@@H](C)N(c1cc(F)ccc1F)S(=O)(=O)c1ccc(Cl)cc1. The highest BCUT2D eigenvalue weighted by Crippen LogP contribution is 2.37. The number of nitrogens with zero attached hydrogens (tertiary/aromatic N) is 1. The summed E-state index contributed by atoms with van der Waals surface area (Å²) in [6, 6.07) is 10.2. The lowest BCUT2D eigenvalue weighted by atomic mass is 9.97. The van der Waals surface area contributed by atoms with Crippen LogP contribution in [0.1, 0.15) is 30.5 Å². The summed E-state index contributed by atoms with van der Waals surface area (Å²) in [5, 5.41) is 0.291. The van der Waals surface area contributed by atoms with Gasteiger partial charge < -0.3 is 4.74 Å². The van der Waals surface area contributed by atoms with Crippen molar-refractivity contribution >= 4 is 33.3 Å². The lowest BCUT2D eigenvalue weighted by Crippen LogP contribution is -2.35. The summed E-state index contributed by atoms with van der Waals surface area (Å²) < 4.78 is 75.7. The fraction of sp³-hybridized carbons (Fsp3) is 0.208. The van der Waals surface area contributed by atoms with Crippen LogP contribution in [0.5, 0.6) is 0 Å². The fourth-order valence-electron chi connectivity index (χ4n) is 3.58. The van der Waals surface area contributed by atoms with Crippen molar-refractivity contribution in [2.75, 3.05) is 11.4 Å². The first-order valence-electron chi connectivity index (χ1n) is 10.1. The van der Waals surface area contributed by atoms with Crippen molar-refractivity contribution in [1.29, 1.82) is 0 Å². The van der Waals surface area contributed by atoms with Crippen LogP contribution in [-0.2, 0) is 26.0 Å². The van der Waals surface area contributed by atoms with Gasteiger partial charge in [0, 0.05) is 17.5 Å². The minimum Gasteiger partial charge on any atom is -0.469 e. The molecule has 0 spiro atoms. The number of carbonyl (C=O) groups is 1. The molecule has 0 N–H and O–H groups in total. The molecule has 0 radical (unpaired) electrons. The summed E-state index contributed by atoms with van der Waals surface area (Å²) in [5.41, 5.74) is 0.114. The number of anilines is 1. The van der Waals surface area contributed by atoms with Crippen molar-refractivity contribution in [1.82, 2.24) is 0 Å². The number of benzene rings is 3. The molecule has 0 aliphatic carbocycles. The van der Waals surface area contributed by atoms with Crippen LogP contribution < -0.4 is 4.31 Å². The van der Waals surface area contributed by atoms with E-state index in [4.69, 9.17) is 11.6 Å². The maximum atomic E-state index is 14.9. The zero-order valence-electron chi connectivity index (χ0n) is 18.3. The highest BCUT2D eigenvalue weighted by atomic mass is 35.5. The third kappa shape index (κ3) is 5.53. The van der Waals surface area contributed by atoms with E-state index in [1.807, 2.05) is 0 Å². The first-order chi connectivity index (χ1) is 16.0. The Hall–Kier alpha value is -3.04. The van der Waals surface area contributed by atoms with Crippen LogP contribution in [-0.4, -0.2) is 21.5 Å². The van der Waals surface area contributed by atoms with Crippen LogP contribution in [0.4, 0.5) is 18.9 Å². The number of aryl methyl sites for hydroxylation is 1. The molecule has 1 atom stereocenters. The molecule has 0 aromatic heterocycles. The van der Waals surface area contributed by atoms with E-state index >= 15 is 0 Å². The summed E-state index contributed by atoms with van der Waals surface area (Å²) in [6.07, 6.45) is -0.0392. The molecule has 0 saturated carbocycles. The number of hydrogen-bond donors (Lipinski definition) is 0. The number of halogens is 4. The van der Waals surface area contributed by atoms with Gasteiger partial charge in [-0.15, -0.1) is 0 Å². The molecule has 5 nitrogen and oxygen atoms in total. The molecule has 3 aromatic rings. The van der Waals surface area contributed by atoms with Gasteiger partial charge in [-0.3, -0.25) is 9.10 Å². The molecule has 0 heterocycles. The summed E-state index contributed by atoms with van der Waals surface area (Å²) >= 11 is 5.88. The first kappa shape index (κ1) is 25.6. The molecule has 10 heteroatoms. The maximum Gasteiger partial charge on any atom is 0.305 e. The molecule has 0 aliphatic rings. The second-order valence-electron chi connectivity index (χ2n) is 7.45. The van der Waals surface area contributed by atoms with E-state index in [1.54, 1.807) is 0 Å². The number of rotatable bonds is 8. The molecule has 180 valence electrons. The molecular weight excluding hydrogens is 491 g/mol. The average molecular weight is 512 g/mol. The molecule has 0 aliphatic heterocycles. The Morgan fingerprint density at radius 3 is 2.26 bits per heavy atom. The van der Waals surface area contributed by atoms with Gasteiger partial charge >= 0.3 is 5.97 Å². The van der Waals surface area contributed by atoms with Crippen LogP contribution in [0.25, 0.3) is 0 Å². The van der Waals surface area contributed by atoms with Crippen LogP contribution in [0, 0.1) is 17.5 Å². The standard InChI is InChI=1S/C24H21ClF3NO4S/c1-15(21-10-6-18(26)13-16(21)3-12-24(30)33-2)29(23-14-19(27)7-11-22(23)28)34(31,32)20-8-4-17(25)5-9-20/h4-11,13-15H,3,12H2,1-2H3/t15-/m1/s1. The molecule has 3 rings (SSSR count). The van der Waals surface area contributed by atoms with E-state index < -0.39 is 45.2 Å². The van der Waals surface area contributed by atoms with Gasteiger partial charge in [-0.1, -0.05) is 17.7 Å². The van der Waals surface area contributed by atoms with Crippen LogP contribution >= 0.6 is 11.6 Å². The van der Waals surface area contributed by atoms with Crippen LogP contribution in [0.2, 0.25) is 5.02 Å². The van der Waals surface area contributed by atoms with Crippen molar-refractivity contribution in [3.05, 3.63) is 94.3 Å². The third-order valence-corrected chi connectivity index (χ3v) is 7.40. The van der Waals surface area contributed by atoms with Gasteiger partial charge in [0.15, 0.2) is 0 Å². The van der Waals surface area contributed by atoms with Gasteiger partial charge in [0.25, 0.3) is 10.0 Å². The number of hydrogen-bond acceptors (Lipinski definition) is 4. The number of ether oxygens (including phenoxy) is 1. The number of methoxy groups -OCH3 is 1. The normalized spacial score (nSPS) is 12.3. The maximum absolute atomic E-state index is 14.9. The van der Waals surface area contributed by atoms with E-state index in [1.165, 1.54) is 50.4 Å². The quantitative estimate of drug-likeness (QED) is 0.357. The molecular formula is C24H21ClF3NO4S. The first-order valence-corrected chi connectivity index (χ1v) is 12.0. The molecule has 3 aromatic carbocycles. The minimum atomic E-state index is -4.44. The summed E-state index contributed by atoms with van der Waals surface area (Å²) in [7, 11) is -3.22. The van der Waals surface area contributed by atoms with Crippen molar-refractivity contribution in [3.63, 3.8) is 0 Å². The number of esters is 1. The fourth-order valence-corrected chi connectivity index (χ4v) is 5.35. The van der Waals surface area contributed by atoms with Crippen LogP contribution in [0.3, 0.4) is 0 Å². The van der Waals surface area contributed by atoms with Gasteiger partial charge in [-0.25, -0.2) is 21.6 Å². The topological polar surface area (TPSA) is 63.7 Å². The molecule has 0 fully saturated rings. The Balaban J connectivity index is 2.19. The Kier molecular flexibility index (Phi) is 7.89. The lowest BCUT2D eigenvalue weighted by molar-refractivity contribution is -0.140. The third-order valence-electron chi connectivity index (χ3n) is 5.25. The van der Waals surface area contributed by atoms with E-state index in [0.717, 1.165) is 28.6 Å². The monoisotopic (exact) mass is 511 g/mol. The number of carbonyl (C=O) groups excluding carboxylic acids is 1. The molecule has 0 saturated heterocycles. The van der Waals surface area contributed by atoms with E-state index in [9.17, 15) is 26.4 Å². The summed E-state index contributed by atoms with van der Waals surface area (Å²) in [4.78, 5) is 11.4. The predicted octanol–water partition coefficient (Wildman–Crippen LogP) is 5.82. The summed E-state index contributed by atoms with van der Waals surface area (Å²) in [6.45, 7) is 1.46. The second kappa shape index (κ2) is 10.5.